The molecular formula is C14H12ClFN2O2. The highest BCUT2D eigenvalue weighted by atomic mass is 35.5. The van der Waals surface area contributed by atoms with Gasteiger partial charge >= 0.3 is 0 Å². The van der Waals surface area contributed by atoms with Crippen LogP contribution in [0.5, 0.6) is 0 Å². The number of benzene rings is 2. The lowest BCUT2D eigenvalue weighted by Crippen LogP contribution is -2.08. The summed E-state index contributed by atoms with van der Waals surface area (Å²) in [4.78, 5) is 10.1. The fraction of sp³-hybridized carbons (Fsp3) is 0.143. The van der Waals surface area contributed by atoms with Crippen LogP contribution in [0.1, 0.15) is 18.5 Å². The van der Waals surface area contributed by atoms with Crippen molar-refractivity contribution < 1.29 is 9.31 Å². The molecule has 2 aromatic carbocycles. The zero-order valence-corrected chi connectivity index (χ0v) is 11.4. The van der Waals surface area contributed by atoms with Crippen LogP contribution in [0.25, 0.3) is 0 Å². The molecule has 0 spiro atoms. The molecule has 6 heteroatoms. The second-order valence-corrected chi connectivity index (χ2v) is 4.78. The van der Waals surface area contributed by atoms with Gasteiger partial charge in [-0.3, -0.25) is 10.1 Å². The Morgan fingerprint density at radius 1 is 1.30 bits per heavy atom. The number of nitro groups is 1. The van der Waals surface area contributed by atoms with E-state index >= 15 is 0 Å². The summed E-state index contributed by atoms with van der Waals surface area (Å²) in [6.07, 6.45) is 0. The second kappa shape index (κ2) is 5.88. The van der Waals surface area contributed by atoms with Gasteiger partial charge in [-0.15, -0.1) is 0 Å². The molecule has 0 fully saturated rings. The highest BCUT2D eigenvalue weighted by Gasteiger charge is 2.13. The van der Waals surface area contributed by atoms with E-state index in [-0.39, 0.29) is 17.4 Å². The lowest BCUT2D eigenvalue weighted by Gasteiger charge is -2.16. The van der Waals surface area contributed by atoms with E-state index in [0.717, 1.165) is 17.7 Å². The van der Waals surface area contributed by atoms with Gasteiger partial charge in [0, 0.05) is 23.2 Å². The maximum absolute atomic E-state index is 13.7. The summed E-state index contributed by atoms with van der Waals surface area (Å²) in [5.74, 6) is -0.538. The number of rotatable bonds is 4. The lowest BCUT2D eigenvalue weighted by molar-refractivity contribution is -0.384. The summed E-state index contributed by atoms with van der Waals surface area (Å²) in [7, 11) is 0. The molecule has 20 heavy (non-hydrogen) atoms. The molecule has 0 radical (unpaired) electrons. The number of anilines is 1. The zero-order chi connectivity index (χ0) is 14.7. The van der Waals surface area contributed by atoms with Gasteiger partial charge in [-0.05, 0) is 30.7 Å². The summed E-state index contributed by atoms with van der Waals surface area (Å²) < 4.78 is 13.7. The van der Waals surface area contributed by atoms with Gasteiger partial charge in [0.2, 0.25) is 0 Å². The number of hydrogen-bond donors (Lipinski definition) is 1. The molecule has 2 aromatic rings. The number of hydrogen-bond acceptors (Lipinski definition) is 3. The van der Waals surface area contributed by atoms with Crippen molar-refractivity contribution in [2.75, 3.05) is 5.32 Å². The van der Waals surface area contributed by atoms with Gasteiger partial charge in [0.15, 0.2) is 0 Å². The van der Waals surface area contributed by atoms with Crippen molar-refractivity contribution in [1.29, 1.82) is 0 Å². The quantitative estimate of drug-likeness (QED) is 0.664. The van der Waals surface area contributed by atoms with E-state index in [0.29, 0.717) is 5.02 Å². The van der Waals surface area contributed by atoms with E-state index in [9.17, 15) is 14.5 Å². The van der Waals surface area contributed by atoms with Gasteiger partial charge in [-0.25, -0.2) is 4.39 Å². The molecule has 1 unspecified atom stereocenters. The summed E-state index contributed by atoms with van der Waals surface area (Å²) in [6.45, 7) is 1.82. The van der Waals surface area contributed by atoms with E-state index in [2.05, 4.69) is 5.32 Å². The van der Waals surface area contributed by atoms with Gasteiger partial charge < -0.3 is 5.32 Å². The molecule has 0 aromatic heterocycles. The zero-order valence-electron chi connectivity index (χ0n) is 10.6. The minimum atomic E-state index is -0.561. The average molecular weight is 295 g/mol. The Labute approximate surface area is 120 Å². The third kappa shape index (κ3) is 3.24. The molecule has 104 valence electrons. The Hall–Kier alpha value is -2.14. The number of nitro benzene ring substituents is 1. The van der Waals surface area contributed by atoms with Gasteiger partial charge in [-0.2, -0.15) is 0 Å². The summed E-state index contributed by atoms with van der Waals surface area (Å²) in [5.41, 5.74) is 0.794. The predicted octanol–water partition coefficient (Wildman–Crippen LogP) is 4.56. The molecule has 0 amide bonds. The van der Waals surface area contributed by atoms with E-state index in [4.69, 9.17) is 11.6 Å². The Balaban J connectivity index is 2.25. The second-order valence-electron chi connectivity index (χ2n) is 4.34. The smallest absolute Gasteiger partial charge is 0.271 e. The van der Waals surface area contributed by atoms with E-state index in [1.165, 1.54) is 6.07 Å². The molecule has 0 aliphatic rings. The van der Waals surface area contributed by atoms with E-state index in [1.54, 1.807) is 18.2 Å². The highest BCUT2D eigenvalue weighted by molar-refractivity contribution is 6.30. The van der Waals surface area contributed by atoms with Crippen LogP contribution >= 0.6 is 11.6 Å². The Morgan fingerprint density at radius 3 is 2.70 bits per heavy atom. The van der Waals surface area contributed by atoms with Crippen LogP contribution in [-0.2, 0) is 0 Å². The van der Waals surface area contributed by atoms with E-state index in [1.807, 2.05) is 13.0 Å². The number of nitrogens with zero attached hydrogens (tertiary/aromatic N) is 1. The highest BCUT2D eigenvalue weighted by Crippen LogP contribution is 2.26. The first kappa shape index (κ1) is 14.3. The maximum Gasteiger partial charge on any atom is 0.271 e. The fourth-order valence-corrected chi connectivity index (χ4v) is 2.03. The van der Waals surface area contributed by atoms with Crippen molar-refractivity contribution >= 4 is 23.0 Å². The van der Waals surface area contributed by atoms with Gasteiger partial charge in [0.25, 0.3) is 5.69 Å². The minimum absolute atomic E-state index is 0.0895. The predicted molar refractivity (Wildman–Crippen MR) is 76.5 cm³/mol. The van der Waals surface area contributed by atoms with Crippen molar-refractivity contribution in [2.24, 2.45) is 0 Å². The van der Waals surface area contributed by atoms with Crippen LogP contribution in [0.2, 0.25) is 5.02 Å². The van der Waals surface area contributed by atoms with Gasteiger partial charge in [0.05, 0.1) is 10.6 Å². The minimum Gasteiger partial charge on any atom is -0.376 e. The Bertz CT molecular complexity index is 649. The molecule has 0 bridgehead atoms. The van der Waals surface area contributed by atoms with Crippen molar-refractivity contribution in [3.63, 3.8) is 0 Å². The monoisotopic (exact) mass is 294 g/mol. The molecule has 0 aliphatic carbocycles. The molecule has 0 saturated carbocycles. The first-order chi connectivity index (χ1) is 9.47. The van der Waals surface area contributed by atoms with Gasteiger partial charge in [-0.1, -0.05) is 23.7 Å². The molecule has 4 nitrogen and oxygen atoms in total. The number of halogens is 2. The molecule has 1 N–H and O–H groups in total. The van der Waals surface area contributed by atoms with Crippen LogP contribution in [0.3, 0.4) is 0 Å². The first-order valence-electron chi connectivity index (χ1n) is 5.93. The van der Waals surface area contributed by atoms with Gasteiger partial charge in [0.1, 0.15) is 5.82 Å². The summed E-state index contributed by atoms with van der Waals surface area (Å²) >= 11 is 5.90. The third-order valence-electron chi connectivity index (χ3n) is 2.88. The standard InChI is InChI=1S/C14H12ClFN2O2/c1-9(10-3-2-4-11(15)7-10)17-14-8-12(18(19)20)5-6-13(14)16/h2-9,17H,1H3. The third-order valence-corrected chi connectivity index (χ3v) is 3.12. The van der Waals surface area contributed by atoms with Crippen LogP contribution in [-0.4, -0.2) is 4.92 Å². The van der Waals surface area contributed by atoms with E-state index < -0.39 is 10.7 Å². The first-order valence-corrected chi connectivity index (χ1v) is 6.31. The number of non-ortho nitro benzene ring substituents is 1. The molecule has 1 atom stereocenters. The summed E-state index contributed by atoms with van der Waals surface area (Å²) in [6, 6.07) is 10.3. The van der Waals surface area contributed by atoms with Crippen LogP contribution in [0.15, 0.2) is 42.5 Å². The largest absolute Gasteiger partial charge is 0.376 e. The van der Waals surface area contributed by atoms with Crippen LogP contribution in [0.4, 0.5) is 15.8 Å². The molecular weight excluding hydrogens is 283 g/mol. The Kier molecular flexibility index (Phi) is 4.20. The Morgan fingerprint density at radius 2 is 2.05 bits per heavy atom. The van der Waals surface area contributed by atoms with Crippen molar-refractivity contribution in [1.82, 2.24) is 0 Å². The van der Waals surface area contributed by atoms with Crippen LogP contribution in [0, 0.1) is 15.9 Å². The molecule has 0 heterocycles. The fourth-order valence-electron chi connectivity index (χ4n) is 1.83. The van der Waals surface area contributed by atoms with Crippen molar-refractivity contribution in [2.45, 2.75) is 13.0 Å². The van der Waals surface area contributed by atoms with Crippen molar-refractivity contribution in [3.8, 4) is 0 Å². The van der Waals surface area contributed by atoms with Crippen molar-refractivity contribution in [3.05, 3.63) is 69.0 Å². The molecule has 2 rings (SSSR count). The SMILES string of the molecule is CC(Nc1cc([N+](=O)[O-])ccc1F)c1cccc(Cl)c1. The summed E-state index contributed by atoms with van der Waals surface area (Å²) in [5, 5.41) is 14.2. The maximum atomic E-state index is 13.7. The molecule has 0 saturated heterocycles. The van der Waals surface area contributed by atoms with Crippen LogP contribution < -0.4 is 5.32 Å². The normalized spacial score (nSPS) is 11.9. The average Bonchev–Trinajstić information content (AvgIpc) is 2.41. The number of nitrogens with one attached hydrogen (secondary N) is 1. The topological polar surface area (TPSA) is 55.2 Å². The lowest BCUT2D eigenvalue weighted by atomic mass is 10.1. The molecule has 0 aliphatic heterocycles.